The first-order valence-electron chi connectivity index (χ1n) is 6.87. The average molecular weight is 264 g/mol. The van der Waals surface area contributed by atoms with Crippen molar-refractivity contribution in [2.75, 3.05) is 19.6 Å². The van der Waals surface area contributed by atoms with Crippen molar-refractivity contribution in [2.24, 2.45) is 5.92 Å². The van der Waals surface area contributed by atoms with E-state index >= 15 is 0 Å². The summed E-state index contributed by atoms with van der Waals surface area (Å²) in [5.74, 6) is 0.467. The molecule has 1 aliphatic rings. The molecule has 0 bridgehead atoms. The fourth-order valence-corrected chi connectivity index (χ4v) is 2.49. The number of benzene rings is 1. The first-order chi connectivity index (χ1) is 9.13. The fourth-order valence-electron chi connectivity index (χ4n) is 2.49. The molecule has 1 fully saturated rings. The molecule has 1 aromatic rings. The Morgan fingerprint density at radius 1 is 1.42 bits per heavy atom. The van der Waals surface area contributed by atoms with Gasteiger partial charge in [-0.15, -0.1) is 0 Å². The van der Waals surface area contributed by atoms with Crippen LogP contribution in [0.15, 0.2) is 24.3 Å². The van der Waals surface area contributed by atoms with Crippen LogP contribution < -0.4 is 5.32 Å². The Kier molecular flexibility index (Phi) is 4.91. The monoisotopic (exact) mass is 264 g/mol. The number of hydrogen-bond acceptors (Lipinski definition) is 2. The van der Waals surface area contributed by atoms with E-state index < -0.39 is 0 Å². The Labute approximate surface area is 113 Å². The van der Waals surface area contributed by atoms with Gasteiger partial charge >= 0.3 is 0 Å². The van der Waals surface area contributed by atoms with Crippen LogP contribution in [0.25, 0.3) is 0 Å². The van der Waals surface area contributed by atoms with E-state index in [2.05, 4.69) is 17.1 Å². The van der Waals surface area contributed by atoms with Crippen molar-refractivity contribution in [1.29, 1.82) is 0 Å². The number of rotatable bonds is 4. The topological polar surface area (TPSA) is 32.3 Å². The van der Waals surface area contributed by atoms with Crippen LogP contribution in [0.5, 0.6) is 0 Å². The summed E-state index contributed by atoms with van der Waals surface area (Å²) < 4.78 is 12.7. The van der Waals surface area contributed by atoms with E-state index in [0.717, 1.165) is 18.7 Å². The standard InChI is InChI=1S/C15H21FN2O/c1-12-3-2-8-18(10-12)11-15(19)17-9-13-4-6-14(16)7-5-13/h4-7,12H,2-3,8-11H2,1H3,(H,17,19). The van der Waals surface area contributed by atoms with E-state index in [1.165, 1.54) is 25.0 Å². The number of carbonyl (C=O) groups excluding carboxylic acids is 1. The lowest BCUT2D eigenvalue weighted by atomic mass is 10.0. The Bertz CT molecular complexity index is 419. The second kappa shape index (κ2) is 6.66. The van der Waals surface area contributed by atoms with Crippen LogP contribution in [-0.2, 0) is 11.3 Å². The highest BCUT2D eigenvalue weighted by molar-refractivity contribution is 5.78. The lowest BCUT2D eigenvalue weighted by molar-refractivity contribution is -0.122. The molecule has 1 heterocycles. The summed E-state index contributed by atoms with van der Waals surface area (Å²) in [4.78, 5) is 14.0. The molecule has 3 nitrogen and oxygen atoms in total. The maximum Gasteiger partial charge on any atom is 0.234 e. The van der Waals surface area contributed by atoms with E-state index in [1.807, 2.05) is 0 Å². The molecule has 0 saturated carbocycles. The number of hydrogen-bond donors (Lipinski definition) is 1. The van der Waals surface area contributed by atoms with Crippen LogP contribution >= 0.6 is 0 Å². The van der Waals surface area contributed by atoms with Crippen molar-refractivity contribution >= 4 is 5.91 Å². The SMILES string of the molecule is CC1CCCN(CC(=O)NCc2ccc(F)cc2)C1. The maximum absolute atomic E-state index is 12.7. The zero-order chi connectivity index (χ0) is 13.7. The molecule has 0 radical (unpaired) electrons. The van der Waals surface area contributed by atoms with Crippen molar-refractivity contribution in [3.05, 3.63) is 35.6 Å². The number of amides is 1. The van der Waals surface area contributed by atoms with Gasteiger partial charge in [-0.05, 0) is 43.0 Å². The quantitative estimate of drug-likeness (QED) is 0.904. The highest BCUT2D eigenvalue weighted by Gasteiger charge is 2.18. The molecule has 104 valence electrons. The van der Waals surface area contributed by atoms with Gasteiger partial charge in [0.1, 0.15) is 5.82 Å². The fraction of sp³-hybridized carbons (Fsp3) is 0.533. The van der Waals surface area contributed by atoms with Gasteiger partial charge in [-0.3, -0.25) is 9.69 Å². The molecular weight excluding hydrogens is 243 g/mol. The van der Waals surface area contributed by atoms with Crippen molar-refractivity contribution < 1.29 is 9.18 Å². The van der Waals surface area contributed by atoms with Gasteiger partial charge in [0.25, 0.3) is 0 Å². The van der Waals surface area contributed by atoms with E-state index in [9.17, 15) is 9.18 Å². The lowest BCUT2D eigenvalue weighted by Crippen LogP contribution is -2.41. The Hall–Kier alpha value is -1.42. The first-order valence-corrected chi connectivity index (χ1v) is 6.87. The summed E-state index contributed by atoms with van der Waals surface area (Å²) in [6, 6.07) is 6.21. The zero-order valence-electron chi connectivity index (χ0n) is 11.4. The predicted octanol–water partition coefficient (Wildman–Crippen LogP) is 2.17. The molecule has 1 atom stereocenters. The number of nitrogens with one attached hydrogen (secondary N) is 1. The molecule has 0 aromatic heterocycles. The largest absolute Gasteiger partial charge is 0.351 e. The summed E-state index contributed by atoms with van der Waals surface area (Å²) in [7, 11) is 0. The smallest absolute Gasteiger partial charge is 0.234 e. The molecular formula is C15H21FN2O. The van der Waals surface area contributed by atoms with Crippen molar-refractivity contribution in [3.8, 4) is 0 Å². The van der Waals surface area contributed by atoms with Crippen molar-refractivity contribution in [1.82, 2.24) is 10.2 Å². The van der Waals surface area contributed by atoms with E-state index in [4.69, 9.17) is 0 Å². The number of piperidine rings is 1. The molecule has 1 unspecified atom stereocenters. The molecule has 1 amide bonds. The molecule has 2 rings (SSSR count). The van der Waals surface area contributed by atoms with Gasteiger partial charge in [-0.1, -0.05) is 19.1 Å². The number of halogens is 1. The normalized spacial score (nSPS) is 20.2. The lowest BCUT2D eigenvalue weighted by Gasteiger charge is -2.30. The summed E-state index contributed by atoms with van der Waals surface area (Å²) in [6.07, 6.45) is 2.43. The van der Waals surface area contributed by atoms with Crippen molar-refractivity contribution in [2.45, 2.75) is 26.3 Å². The van der Waals surface area contributed by atoms with E-state index in [0.29, 0.717) is 19.0 Å². The summed E-state index contributed by atoms with van der Waals surface area (Å²) in [5.41, 5.74) is 0.918. The molecule has 4 heteroatoms. The highest BCUT2D eigenvalue weighted by Crippen LogP contribution is 2.14. The third-order valence-corrected chi connectivity index (χ3v) is 3.51. The Morgan fingerprint density at radius 3 is 2.84 bits per heavy atom. The third kappa shape index (κ3) is 4.63. The van der Waals surface area contributed by atoms with Gasteiger partial charge in [-0.2, -0.15) is 0 Å². The average Bonchev–Trinajstić information content (AvgIpc) is 2.38. The Balaban J connectivity index is 1.73. The maximum atomic E-state index is 12.7. The minimum Gasteiger partial charge on any atom is -0.351 e. The minimum absolute atomic E-state index is 0.0402. The highest BCUT2D eigenvalue weighted by atomic mass is 19.1. The Morgan fingerprint density at radius 2 is 2.16 bits per heavy atom. The van der Waals surface area contributed by atoms with Gasteiger partial charge < -0.3 is 5.32 Å². The first kappa shape index (κ1) is 14.0. The molecule has 1 aromatic carbocycles. The molecule has 0 spiro atoms. The van der Waals surface area contributed by atoms with Gasteiger partial charge in [-0.25, -0.2) is 4.39 Å². The van der Waals surface area contributed by atoms with Gasteiger partial charge in [0, 0.05) is 13.1 Å². The van der Waals surface area contributed by atoms with Gasteiger partial charge in [0.2, 0.25) is 5.91 Å². The summed E-state index contributed by atoms with van der Waals surface area (Å²) >= 11 is 0. The number of carbonyl (C=O) groups is 1. The second-order valence-electron chi connectivity index (χ2n) is 5.39. The van der Waals surface area contributed by atoms with Crippen molar-refractivity contribution in [3.63, 3.8) is 0 Å². The molecule has 1 N–H and O–H groups in total. The molecule has 1 saturated heterocycles. The van der Waals surface area contributed by atoms with Crippen LogP contribution in [0.2, 0.25) is 0 Å². The van der Waals surface area contributed by atoms with Gasteiger partial charge in [0.15, 0.2) is 0 Å². The van der Waals surface area contributed by atoms with E-state index in [-0.39, 0.29) is 11.7 Å². The summed E-state index contributed by atoms with van der Waals surface area (Å²) in [6.45, 7) is 5.16. The molecule has 0 aliphatic carbocycles. The van der Waals surface area contributed by atoms with Crippen LogP contribution in [0.3, 0.4) is 0 Å². The van der Waals surface area contributed by atoms with Crippen LogP contribution in [0.1, 0.15) is 25.3 Å². The molecule has 19 heavy (non-hydrogen) atoms. The number of likely N-dealkylation sites (tertiary alicyclic amines) is 1. The summed E-state index contributed by atoms with van der Waals surface area (Å²) in [5, 5.41) is 2.88. The second-order valence-corrected chi connectivity index (χ2v) is 5.39. The number of nitrogens with zero attached hydrogens (tertiary/aromatic N) is 1. The van der Waals surface area contributed by atoms with Crippen LogP contribution in [0, 0.1) is 11.7 Å². The zero-order valence-corrected chi connectivity index (χ0v) is 11.4. The van der Waals surface area contributed by atoms with E-state index in [1.54, 1.807) is 12.1 Å². The van der Waals surface area contributed by atoms with Crippen LogP contribution in [-0.4, -0.2) is 30.4 Å². The van der Waals surface area contributed by atoms with Gasteiger partial charge in [0.05, 0.1) is 6.54 Å². The molecule has 1 aliphatic heterocycles. The third-order valence-electron chi connectivity index (χ3n) is 3.51. The predicted molar refractivity (Wildman–Crippen MR) is 73.1 cm³/mol. The van der Waals surface area contributed by atoms with Crippen LogP contribution in [0.4, 0.5) is 4.39 Å². The minimum atomic E-state index is -0.252.